The van der Waals surface area contributed by atoms with E-state index < -0.39 is 5.91 Å². The van der Waals surface area contributed by atoms with Gasteiger partial charge in [0.1, 0.15) is 11.1 Å². The van der Waals surface area contributed by atoms with Crippen LogP contribution < -0.4 is 5.32 Å². The Morgan fingerprint density at radius 3 is 2.90 bits per heavy atom. The summed E-state index contributed by atoms with van der Waals surface area (Å²) < 4.78 is 0. The molecule has 0 fully saturated rings. The van der Waals surface area contributed by atoms with Crippen LogP contribution in [0.3, 0.4) is 0 Å². The van der Waals surface area contributed by atoms with Crippen molar-refractivity contribution in [3.05, 3.63) is 58.6 Å². The van der Waals surface area contributed by atoms with Crippen LogP contribution >= 0.6 is 11.3 Å². The second-order valence-corrected chi connectivity index (χ2v) is 7.44. The molecule has 0 bridgehead atoms. The minimum Gasteiger partial charge on any atom is -0.317 e. The highest BCUT2D eigenvalue weighted by molar-refractivity contribution is 7.15. The van der Waals surface area contributed by atoms with Crippen molar-refractivity contribution in [1.82, 2.24) is 9.88 Å². The van der Waals surface area contributed by atoms with Gasteiger partial charge in [0, 0.05) is 29.7 Å². The van der Waals surface area contributed by atoms with Crippen LogP contribution in [0.2, 0.25) is 0 Å². The monoisotopic (exact) mass is 405 g/mol. The van der Waals surface area contributed by atoms with E-state index in [9.17, 15) is 14.9 Å². The second-order valence-electron chi connectivity index (χ2n) is 6.56. The molecule has 3 rings (SSSR count). The number of thiophene rings is 1. The standard InChI is InChI=1S/C21H19N5O2S/c1-26(2)10-9-24-20(28)19-15(12-22)13-29-21(19)25-18(27)11-14-5-3-7-17-16(14)6-4-8-23-17/h3-9,13H,10-11H2,1-2H3,(H,25,27). The van der Waals surface area contributed by atoms with Crippen LogP contribution in [0.1, 0.15) is 21.5 Å². The van der Waals surface area contributed by atoms with E-state index in [1.807, 2.05) is 55.4 Å². The molecule has 7 nitrogen and oxygen atoms in total. The number of hydrogen-bond acceptors (Lipinski definition) is 6. The van der Waals surface area contributed by atoms with Crippen molar-refractivity contribution in [1.29, 1.82) is 5.26 Å². The molecule has 146 valence electrons. The zero-order valence-electron chi connectivity index (χ0n) is 16.0. The lowest BCUT2D eigenvalue weighted by atomic mass is 10.1. The highest BCUT2D eigenvalue weighted by atomic mass is 32.1. The fourth-order valence-corrected chi connectivity index (χ4v) is 3.66. The molecule has 1 N–H and O–H groups in total. The lowest BCUT2D eigenvalue weighted by Crippen LogP contribution is -2.16. The third kappa shape index (κ3) is 4.90. The zero-order chi connectivity index (χ0) is 20.8. The van der Waals surface area contributed by atoms with Gasteiger partial charge >= 0.3 is 0 Å². The minimum atomic E-state index is -0.547. The number of anilines is 1. The number of carbonyl (C=O) groups excluding carboxylic acids is 2. The van der Waals surface area contributed by atoms with E-state index >= 15 is 0 Å². The number of rotatable bonds is 6. The summed E-state index contributed by atoms with van der Waals surface area (Å²) in [5, 5.41) is 14.8. The number of nitrogens with one attached hydrogen (secondary N) is 1. The van der Waals surface area contributed by atoms with Gasteiger partial charge in [-0.25, -0.2) is 4.99 Å². The first kappa shape index (κ1) is 20.3. The van der Waals surface area contributed by atoms with Gasteiger partial charge in [-0.1, -0.05) is 18.2 Å². The molecule has 29 heavy (non-hydrogen) atoms. The minimum absolute atomic E-state index is 0.125. The van der Waals surface area contributed by atoms with Crippen molar-refractivity contribution in [2.24, 2.45) is 4.99 Å². The van der Waals surface area contributed by atoms with Crippen LogP contribution in [-0.2, 0) is 11.2 Å². The first-order valence-corrected chi connectivity index (χ1v) is 9.73. The Bertz CT molecular complexity index is 1120. The van der Waals surface area contributed by atoms with Crippen LogP contribution in [0, 0.1) is 11.3 Å². The quantitative estimate of drug-likeness (QED) is 0.635. The molecule has 0 unspecified atom stereocenters. The Hall–Kier alpha value is -3.41. The van der Waals surface area contributed by atoms with Gasteiger partial charge in [-0.2, -0.15) is 5.26 Å². The van der Waals surface area contributed by atoms with Crippen molar-refractivity contribution in [3.63, 3.8) is 0 Å². The molecular formula is C21H19N5O2S. The molecule has 0 saturated heterocycles. The van der Waals surface area contributed by atoms with Crippen LogP contribution in [0.5, 0.6) is 0 Å². The highest BCUT2D eigenvalue weighted by Gasteiger charge is 2.20. The maximum atomic E-state index is 12.6. The molecule has 0 aliphatic rings. The first-order valence-electron chi connectivity index (χ1n) is 8.85. The smallest absolute Gasteiger partial charge is 0.281 e. The van der Waals surface area contributed by atoms with E-state index in [-0.39, 0.29) is 23.5 Å². The summed E-state index contributed by atoms with van der Waals surface area (Å²) in [5.74, 6) is -0.826. The van der Waals surface area contributed by atoms with Crippen LogP contribution in [0.15, 0.2) is 46.9 Å². The van der Waals surface area contributed by atoms with E-state index in [2.05, 4.69) is 15.3 Å². The summed E-state index contributed by atoms with van der Waals surface area (Å²) in [6.07, 6.45) is 3.31. The van der Waals surface area contributed by atoms with Gasteiger partial charge in [0.15, 0.2) is 0 Å². The van der Waals surface area contributed by atoms with Crippen molar-refractivity contribution in [2.75, 3.05) is 26.0 Å². The topological polar surface area (TPSA) is 98.5 Å². The molecule has 0 radical (unpaired) electrons. The molecule has 1 aromatic carbocycles. The van der Waals surface area contributed by atoms with Crippen molar-refractivity contribution in [3.8, 4) is 6.07 Å². The summed E-state index contributed by atoms with van der Waals surface area (Å²) in [6.45, 7) is 0.495. The molecule has 2 heterocycles. The summed E-state index contributed by atoms with van der Waals surface area (Å²) in [7, 11) is 3.71. The van der Waals surface area contributed by atoms with Gasteiger partial charge in [0.2, 0.25) is 5.91 Å². The number of nitriles is 1. The molecular weight excluding hydrogens is 386 g/mol. The number of carbonyl (C=O) groups is 2. The van der Waals surface area contributed by atoms with Gasteiger partial charge in [-0.15, -0.1) is 11.3 Å². The number of nitrogens with zero attached hydrogens (tertiary/aromatic N) is 4. The molecule has 2 aromatic heterocycles. The zero-order valence-corrected chi connectivity index (χ0v) is 16.9. The molecule has 0 saturated carbocycles. The number of benzene rings is 1. The van der Waals surface area contributed by atoms with Crippen LogP contribution in [-0.4, -0.2) is 48.6 Å². The number of aliphatic imine (C=N–C) groups is 1. The normalized spacial score (nSPS) is 11.1. The maximum absolute atomic E-state index is 12.6. The van der Waals surface area contributed by atoms with E-state index in [1.165, 1.54) is 6.21 Å². The Kier molecular flexibility index (Phi) is 6.44. The number of fused-ring (bicyclic) bond motifs is 1. The lowest BCUT2D eigenvalue weighted by molar-refractivity contribution is -0.115. The summed E-state index contributed by atoms with van der Waals surface area (Å²) in [6, 6.07) is 11.3. The van der Waals surface area contributed by atoms with E-state index in [0.717, 1.165) is 27.8 Å². The lowest BCUT2D eigenvalue weighted by Gasteiger charge is -2.08. The summed E-state index contributed by atoms with van der Waals surface area (Å²) >= 11 is 1.14. The molecule has 0 spiro atoms. The van der Waals surface area contributed by atoms with Crippen molar-refractivity contribution in [2.45, 2.75) is 6.42 Å². The van der Waals surface area contributed by atoms with Crippen molar-refractivity contribution < 1.29 is 9.59 Å². The SMILES string of the molecule is CN(C)CC=NC(=O)c1c(C#N)csc1NC(=O)Cc1cccc2ncccc12. The number of hydrogen-bond donors (Lipinski definition) is 1. The number of aromatic nitrogens is 1. The average molecular weight is 405 g/mol. The molecule has 3 aromatic rings. The molecule has 8 heteroatoms. The van der Waals surface area contributed by atoms with E-state index in [0.29, 0.717) is 11.5 Å². The van der Waals surface area contributed by atoms with Gasteiger partial charge in [0.05, 0.1) is 23.1 Å². The molecule has 0 aliphatic carbocycles. The van der Waals surface area contributed by atoms with Crippen molar-refractivity contribution >= 4 is 45.3 Å². The Morgan fingerprint density at radius 1 is 1.31 bits per heavy atom. The third-order valence-electron chi connectivity index (χ3n) is 4.12. The summed E-state index contributed by atoms with van der Waals surface area (Å²) in [4.78, 5) is 35.2. The highest BCUT2D eigenvalue weighted by Crippen LogP contribution is 2.29. The molecule has 0 atom stereocenters. The summed E-state index contributed by atoms with van der Waals surface area (Å²) in [5.41, 5.74) is 1.97. The number of amides is 2. The second kappa shape index (κ2) is 9.19. The van der Waals surface area contributed by atoms with E-state index in [4.69, 9.17) is 0 Å². The Balaban J connectivity index is 1.80. The van der Waals surface area contributed by atoms with Gasteiger partial charge in [-0.3, -0.25) is 14.6 Å². The Morgan fingerprint density at radius 2 is 2.14 bits per heavy atom. The average Bonchev–Trinajstić information content (AvgIpc) is 3.10. The predicted molar refractivity (Wildman–Crippen MR) is 114 cm³/mol. The fraction of sp³-hybridized carbons (Fsp3) is 0.190. The van der Waals surface area contributed by atoms with Gasteiger partial charge in [-0.05, 0) is 31.8 Å². The van der Waals surface area contributed by atoms with E-state index in [1.54, 1.807) is 11.6 Å². The fourth-order valence-electron chi connectivity index (χ4n) is 2.76. The first-order chi connectivity index (χ1) is 14.0. The van der Waals surface area contributed by atoms with Crippen LogP contribution in [0.25, 0.3) is 10.9 Å². The number of pyridine rings is 1. The molecule has 2 amide bonds. The maximum Gasteiger partial charge on any atom is 0.281 e. The van der Waals surface area contributed by atoms with Crippen LogP contribution in [0.4, 0.5) is 5.00 Å². The van der Waals surface area contributed by atoms with Gasteiger partial charge < -0.3 is 10.2 Å². The van der Waals surface area contributed by atoms with Gasteiger partial charge in [0.25, 0.3) is 5.91 Å². The Labute approximate surface area is 172 Å². The third-order valence-corrected chi connectivity index (χ3v) is 5.02. The predicted octanol–water partition coefficient (Wildman–Crippen LogP) is 3.12. The largest absolute Gasteiger partial charge is 0.317 e. The molecule has 0 aliphatic heterocycles.